The van der Waals surface area contributed by atoms with Crippen LogP contribution in [-0.4, -0.2) is 23.6 Å². The van der Waals surface area contributed by atoms with E-state index in [1.807, 2.05) is 41.3 Å². The molecule has 0 radical (unpaired) electrons. The fourth-order valence-corrected chi connectivity index (χ4v) is 3.88. The van der Waals surface area contributed by atoms with Crippen molar-refractivity contribution in [3.63, 3.8) is 0 Å². The Bertz CT molecular complexity index is 839. The van der Waals surface area contributed by atoms with E-state index in [1.165, 1.54) is 0 Å². The average molecular weight is 403 g/mol. The number of anilines is 1. The molecule has 0 saturated carbocycles. The first kappa shape index (κ1) is 16.3. The third-order valence-electron chi connectivity index (χ3n) is 4.79. The van der Waals surface area contributed by atoms with Crippen molar-refractivity contribution >= 4 is 27.5 Å². The second kappa shape index (κ2) is 6.26. The summed E-state index contributed by atoms with van der Waals surface area (Å²) in [7, 11) is 0. The van der Waals surface area contributed by atoms with Gasteiger partial charge in [-0.15, -0.1) is 0 Å². The summed E-state index contributed by atoms with van der Waals surface area (Å²) < 4.78 is 11.8. The third kappa shape index (κ3) is 2.65. The molecule has 0 saturated heterocycles. The van der Waals surface area contributed by atoms with Gasteiger partial charge < -0.3 is 19.7 Å². The smallest absolute Gasteiger partial charge is 0.258 e. The van der Waals surface area contributed by atoms with Crippen LogP contribution in [0.2, 0.25) is 0 Å². The summed E-state index contributed by atoms with van der Waals surface area (Å²) in [5, 5.41) is 3.52. The van der Waals surface area contributed by atoms with E-state index in [4.69, 9.17) is 9.47 Å². The van der Waals surface area contributed by atoms with Crippen LogP contribution in [0.25, 0.3) is 0 Å². The van der Waals surface area contributed by atoms with Gasteiger partial charge in [0.25, 0.3) is 5.91 Å². The molecule has 25 heavy (non-hydrogen) atoms. The van der Waals surface area contributed by atoms with E-state index in [1.54, 1.807) is 0 Å². The van der Waals surface area contributed by atoms with Crippen LogP contribution in [0.5, 0.6) is 11.5 Å². The number of halogens is 1. The van der Waals surface area contributed by atoms with Crippen molar-refractivity contribution in [3.8, 4) is 11.5 Å². The third-order valence-corrected chi connectivity index (χ3v) is 5.38. The molecule has 2 aliphatic heterocycles. The van der Waals surface area contributed by atoms with E-state index in [-0.39, 0.29) is 24.9 Å². The summed E-state index contributed by atoms with van der Waals surface area (Å²) in [4.78, 5) is 15.0. The van der Waals surface area contributed by atoms with Gasteiger partial charge in [0.2, 0.25) is 6.79 Å². The minimum Gasteiger partial charge on any atom is -0.454 e. The van der Waals surface area contributed by atoms with Gasteiger partial charge in [-0.3, -0.25) is 4.79 Å². The van der Waals surface area contributed by atoms with Crippen LogP contribution < -0.4 is 14.8 Å². The summed E-state index contributed by atoms with van der Waals surface area (Å²) in [5.74, 6) is 1.45. The largest absolute Gasteiger partial charge is 0.454 e. The molecule has 2 aromatic carbocycles. The van der Waals surface area contributed by atoms with Crippen LogP contribution in [0.4, 0.5) is 5.69 Å². The summed E-state index contributed by atoms with van der Waals surface area (Å²) in [5.41, 5.74) is 2.52. The molecule has 2 heterocycles. The van der Waals surface area contributed by atoms with Gasteiger partial charge in [0.1, 0.15) is 6.17 Å². The maximum Gasteiger partial charge on any atom is 0.258 e. The Kier molecular flexibility index (Phi) is 4.07. The van der Waals surface area contributed by atoms with Crippen molar-refractivity contribution in [3.05, 3.63) is 52.0 Å². The Hall–Kier alpha value is -2.21. The number of benzene rings is 2. The Labute approximate surface area is 155 Å². The standard InChI is InChI=1S/C19H19BrN2O3/c1-3-11(2)22-18(21-15-7-5-4-6-13(15)19(22)23)12-8-14(20)17-16(9-12)24-10-25-17/h4-9,11,18,21H,3,10H2,1-2H3/t11-,18-/m1/s1. The second-order valence-corrected chi connectivity index (χ2v) is 7.15. The Morgan fingerprint density at radius 1 is 1.32 bits per heavy atom. The molecule has 0 unspecified atom stereocenters. The van der Waals surface area contributed by atoms with Crippen LogP contribution in [0.3, 0.4) is 0 Å². The Balaban J connectivity index is 1.82. The lowest BCUT2D eigenvalue weighted by atomic mass is 10.0. The number of hydrogen-bond donors (Lipinski definition) is 1. The SMILES string of the molecule is CC[C@@H](C)N1C(=O)c2ccccc2N[C@H]1c1cc(Br)c2c(c1)OCO2. The van der Waals surface area contributed by atoms with Crippen LogP contribution in [0.1, 0.15) is 42.4 Å². The van der Waals surface area contributed by atoms with Gasteiger partial charge in [0, 0.05) is 11.7 Å². The average Bonchev–Trinajstić information content (AvgIpc) is 3.10. The molecule has 4 rings (SSSR count). The topological polar surface area (TPSA) is 50.8 Å². The molecule has 130 valence electrons. The summed E-state index contributed by atoms with van der Waals surface area (Å²) >= 11 is 3.55. The van der Waals surface area contributed by atoms with E-state index in [2.05, 4.69) is 35.1 Å². The monoisotopic (exact) mass is 402 g/mol. The molecular formula is C19H19BrN2O3. The number of amides is 1. The lowest BCUT2D eigenvalue weighted by Gasteiger charge is -2.41. The molecule has 5 nitrogen and oxygen atoms in total. The van der Waals surface area contributed by atoms with E-state index in [0.717, 1.165) is 22.1 Å². The van der Waals surface area contributed by atoms with E-state index in [9.17, 15) is 4.79 Å². The predicted octanol–water partition coefficient (Wildman–Crippen LogP) is 4.54. The molecule has 1 amide bonds. The van der Waals surface area contributed by atoms with Crippen LogP contribution in [0.15, 0.2) is 40.9 Å². The van der Waals surface area contributed by atoms with Gasteiger partial charge >= 0.3 is 0 Å². The first-order chi connectivity index (χ1) is 12.1. The van der Waals surface area contributed by atoms with E-state index in [0.29, 0.717) is 17.1 Å². The predicted molar refractivity (Wildman–Crippen MR) is 99.0 cm³/mol. The number of nitrogens with one attached hydrogen (secondary N) is 1. The number of carbonyl (C=O) groups excluding carboxylic acids is 1. The highest BCUT2D eigenvalue weighted by molar-refractivity contribution is 9.10. The minimum absolute atomic E-state index is 0.0440. The highest BCUT2D eigenvalue weighted by Crippen LogP contribution is 2.43. The summed E-state index contributed by atoms with van der Waals surface area (Å²) in [6.45, 7) is 4.37. The number of nitrogens with zero attached hydrogens (tertiary/aromatic N) is 1. The summed E-state index contributed by atoms with van der Waals surface area (Å²) in [6, 6.07) is 11.7. The molecule has 2 aromatic rings. The number of para-hydroxylation sites is 1. The van der Waals surface area contributed by atoms with Crippen molar-refractivity contribution in [1.29, 1.82) is 0 Å². The second-order valence-electron chi connectivity index (χ2n) is 6.30. The maximum absolute atomic E-state index is 13.1. The highest BCUT2D eigenvalue weighted by atomic mass is 79.9. The molecule has 2 atom stereocenters. The lowest BCUT2D eigenvalue weighted by molar-refractivity contribution is 0.0593. The maximum atomic E-state index is 13.1. The number of ether oxygens (including phenoxy) is 2. The quantitative estimate of drug-likeness (QED) is 0.818. The van der Waals surface area contributed by atoms with Crippen molar-refractivity contribution in [2.75, 3.05) is 12.1 Å². The van der Waals surface area contributed by atoms with Crippen LogP contribution in [-0.2, 0) is 0 Å². The molecule has 0 bridgehead atoms. The first-order valence-corrected chi connectivity index (χ1v) is 9.16. The molecular weight excluding hydrogens is 384 g/mol. The zero-order valence-electron chi connectivity index (χ0n) is 14.1. The normalized spacial score (nSPS) is 19.4. The van der Waals surface area contributed by atoms with Crippen LogP contribution in [0, 0.1) is 0 Å². The molecule has 6 heteroatoms. The number of hydrogen-bond acceptors (Lipinski definition) is 4. The summed E-state index contributed by atoms with van der Waals surface area (Å²) in [6.07, 6.45) is 0.612. The minimum atomic E-state index is -0.261. The molecule has 0 spiro atoms. The van der Waals surface area contributed by atoms with Gasteiger partial charge in [-0.2, -0.15) is 0 Å². The number of carbonyl (C=O) groups is 1. The van der Waals surface area contributed by atoms with Crippen molar-refractivity contribution in [1.82, 2.24) is 4.90 Å². The van der Waals surface area contributed by atoms with Gasteiger partial charge in [-0.1, -0.05) is 19.1 Å². The first-order valence-electron chi connectivity index (χ1n) is 8.37. The molecule has 0 aliphatic carbocycles. The molecule has 0 aromatic heterocycles. The van der Waals surface area contributed by atoms with Gasteiger partial charge in [-0.05, 0) is 59.1 Å². The van der Waals surface area contributed by atoms with Gasteiger partial charge in [0.05, 0.1) is 10.0 Å². The van der Waals surface area contributed by atoms with E-state index >= 15 is 0 Å². The van der Waals surface area contributed by atoms with Crippen LogP contribution >= 0.6 is 15.9 Å². The van der Waals surface area contributed by atoms with E-state index < -0.39 is 0 Å². The Morgan fingerprint density at radius 3 is 2.92 bits per heavy atom. The zero-order chi connectivity index (χ0) is 17.6. The molecule has 0 fully saturated rings. The van der Waals surface area contributed by atoms with Crippen molar-refractivity contribution < 1.29 is 14.3 Å². The molecule has 1 N–H and O–H groups in total. The zero-order valence-corrected chi connectivity index (χ0v) is 15.7. The van der Waals surface area contributed by atoms with Crippen molar-refractivity contribution in [2.45, 2.75) is 32.5 Å². The fourth-order valence-electron chi connectivity index (χ4n) is 3.31. The highest BCUT2D eigenvalue weighted by Gasteiger charge is 2.36. The Morgan fingerprint density at radius 2 is 2.12 bits per heavy atom. The molecule has 2 aliphatic rings. The number of fused-ring (bicyclic) bond motifs is 2. The van der Waals surface area contributed by atoms with Gasteiger partial charge in [-0.25, -0.2) is 0 Å². The number of rotatable bonds is 3. The fraction of sp³-hybridized carbons (Fsp3) is 0.316. The van der Waals surface area contributed by atoms with Gasteiger partial charge in [0.15, 0.2) is 11.5 Å². The van der Waals surface area contributed by atoms with Crippen molar-refractivity contribution in [2.24, 2.45) is 0 Å². The lowest BCUT2D eigenvalue weighted by Crippen LogP contribution is -2.47.